The summed E-state index contributed by atoms with van der Waals surface area (Å²) >= 11 is 0. The maximum absolute atomic E-state index is 13.1. The van der Waals surface area contributed by atoms with Crippen LogP contribution in [0, 0.1) is 0 Å². The number of rotatable bonds is 7. The van der Waals surface area contributed by atoms with Crippen LogP contribution in [0.25, 0.3) is 6.08 Å². The second-order valence-corrected chi connectivity index (χ2v) is 9.24. The molecule has 0 aliphatic carbocycles. The number of benzene rings is 2. The van der Waals surface area contributed by atoms with Crippen molar-refractivity contribution in [3.8, 4) is 5.75 Å². The smallest absolute Gasteiger partial charge is 0.248 e. The van der Waals surface area contributed by atoms with Gasteiger partial charge in [-0.15, -0.1) is 0 Å². The summed E-state index contributed by atoms with van der Waals surface area (Å²) in [5, 5.41) is 2.70. The largest absolute Gasteiger partial charge is 0.495 e. The van der Waals surface area contributed by atoms with Crippen molar-refractivity contribution in [2.45, 2.75) is 31.1 Å². The number of nitrogens with one attached hydrogen (secondary N) is 1. The molecule has 7 nitrogen and oxygen atoms in total. The van der Waals surface area contributed by atoms with E-state index in [9.17, 15) is 18.0 Å². The molecule has 0 unspecified atom stereocenters. The molecule has 1 saturated heterocycles. The molecule has 164 valence electrons. The minimum absolute atomic E-state index is 0.0904. The highest BCUT2D eigenvalue weighted by molar-refractivity contribution is 7.89. The molecule has 0 spiro atoms. The highest BCUT2D eigenvalue weighted by Crippen LogP contribution is 2.30. The zero-order chi connectivity index (χ0) is 22.4. The monoisotopic (exact) mass is 442 g/mol. The normalized spacial score (nSPS) is 15.0. The first-order chi connectivity index (χ1) is 14.8. The van der Waals surface area contributed by atoms with Crippen LogP contribution >= 0.6 is 0 Å². The van der Waals surface area contributed by atoms with Gasteiger partial charge in [0.2, 0.25) is 15.9 Å². The fourth-order valence-corrected chi connectivity index (χ4v) is 5.12. The summed E-state index contributed by atoms with van der Waals surface area (Å²) in [5.41, 5.74) is 1.57. The van der Waals surface area contributed by atoms with Crippen molar-refractivity contribution in [1.29, 1.82) is 0 Å². The summed E-state index contributed by atoms with van der Waals surface area (Å²) in [4.78, 5) is 23.9. The molecule has 8 heteroatoms. The number of ketones is 1. The highest BCUT2D eigenvalue weighted by atomic mass is 32.2. The summed E-state index contributed by atoms with van der Waals surface area (Å²) in [6.45, 7) is 2.45. The van der Waals surface area contributed by atoms with Gasteiger partial charge in [-0.25, -0.2) is 8.42 Å². The quantitative estimate of drug-likeness (QED) is 0.521. The number of methoxy groups -OCH3 is 1. The second-order valence-electron chi connectivity index (χ2n) is 7.33. The molecule has 1 aliphatic heterocycles. The van der Waals surface area contributed by atoms with Crippen molar-refractivity contribution in [3.05, 3.63) is 59.7 Å². The van der Waals surface area contributed by atoms with Gasteiger partial charge in [0.25, 0.3) is 0 Å². The van der Waals surface area contributed by atoms with Crippen LogP contribution < -0.4 is 10.1 Å². The molecule has 1 amide bonds. The minimum atomic E-state index is -3.69. The Morgan fingerprint density at radius 1 is 1.06 bits per heavy atom. The SMILES string of the molecule is COc1ccc(C=CC(=O)Nc2cccc(C(C)=O)c2)cc1S(=O)(=O)N1CCCCC1. The molecule has 2 aromatic rings. The number of nitrogens with zero attached hydrogens (tertiary/aromatic N) is 1. The number of anilines is 1. The summed E-state index contributed by atoms with van der Waals surface area (Å²) < 4.78 is 33.0. The summed E-state index contributed by atoms with van der Waals surface area (Å²) in [5.74, 6) is -0.211. The van der Waals surface area contributed by atoms with Crippen molar-refractivity contribution in [2.24, 2.45) is 0 Å². The maximum Gasteiger partial charge on any atom is 0.248 e. The lowest BCUT2D eigenvalue weighted by atomic mass is 10.1. The van der Waals surface area contributed by atoms with Crippen LogP contribution in [0.4, 0.5) is 5.69 Å². The molecule has 1 aliphatic rings. The molecule has 0 radical (unpaired) electrons. The lowest BCUT2D eigenvalue weighted by Crippen LogP contribution is -2.35. The first-order valence-electron chi connectivity index (χ1n) is 10.1. The molecule has 0 atom stereocenters. The van der Waals surface area contributed by atoms with Crippen molar-refractivity contribution >= 4 is 33.5 Å². The number of sulfonamides is 1. The Bertz CT molecular complexity index is 1100. The third kappa shape index (κ3) is 5.59. The van der Waals surface area contributed by atoms with E-state index in [0.29, 0.717) is 29.9 Å². The number of piperidine rings is 1. The summed E-state index contributed by atoms with van der Waals surface area (Å²) in [6.07, 6.45) is 5.56. The first-order valence-corrected chi connectivity index (χ1v) is 11.5. The molecular formula is C23H26N2O5S. The van der Waals surface area contributed by atoms with Gasteiger partial charge in [-0.1, -0.05) is 24.6 Å². The van der Waals surface area contributed by atoms with E-state index < -0.39 is 15.9 Å². The Balaban J connectivity index is 1.79. The summed E-state index contributed by atoms with van der Waals surface area (Å²) in [7, 11) is -2.25. The fraction of sp³-hybridized carbons (Fsp3) is 0.304. The number of hydrogen-bond donors (Lipinski definition) is 1. The van der Waals surface area contributed by atoms with Gasteiger partial charge in [-0.2, -0.15) is 4.31 Å². The van der Waals surface area contributed by atoms with Crippen LogP contribution in [-0.4, -0.2) is 44.6 Å². The Hall–Kier alpha value is -2.97. The summed E-state index contributed by atoms with van der Waals surface area (Å²) in [6, 6.07) is 11.5. The van der Waals surface area contributed by atoms with Crippen LogP contribution in [0.3, 0.4) is 0 Å². The van der Waals surface area contributed by atoms with Gasteiger partial charge in [0.15, 0.2) is 5.78 Å². The molecule has 1 N–H and O–H groups in total. The minimum Gasteiger partial charge on any atom is -0.495 e. The standard InChI is InChI=1S/C23H26N2O5S/c1-17(26)19-7-6-8-20(16-19)24-23(27)12-10-18-9-11-21(30-2)22(15-18)31(28,29)25-13-4-3-5-14-25/h6-12,15-16H,3-5,13-14H2,1-2H3,(H,24,27). The van der Waals surface area contributed by atoms with E-state index in [0.717, 1.165) is 19.3 Å². The van der Waals surface area contributed by atoms with Crippen LogP contribution in [0.15, 0.2) is 53.4 Å². The molecule has 1 fully saturated rings. The van der Waals surface area contributed by atoms with Crippen LogP contribution in [0.5, 0.6) is 5.75 Å². The molecule has 2 aromatic carbocycles. The van der Waals surface area contributed by atoms with Crippen molar-refractivity contribution < 1.29 is 22.7 Å². The molecule has 0 saturated carbocycles. The third-order valence-electron chi connectivity index (χ3n) is 5.08. The maximum atomic E-state index is 13.1. The second kappa shape index (κ2) is 9.89. The average Bonchev–Trinajstić information content (AvgIpc) is 2.78. The van der Waals surface area contributed by atoms with Gasteiger partial charge in [0.1, 0.15) is 10.6 Å². The van der Waals surface area contributed by atoms with Crippen molar-refractivity contribution in [3.63, 3.8) is 0 Å². The highest BCUT2D eigenvalue weighted by Gasteiger charge is 2.29. The zero-order valence-corrected chi connectivity index (χ0v) is 18.4. The van der Waals surface area contributed by atoms with Crippen LogP contribution in [-0.2, 0) is 14.8 Å². The molecule has 1 heterocycles. The van der Waals surface area contributed by atoms with Gasteiger partial charge >= 0.3 is 0 Å². The Morgan fingerprint density at radius 2 is 1.81 bits per heavy atom. The van der Waals surface area contributed by atoms with Gasteiger partial charge in [0.05, 0.1) is 7.11 Å². The molecular weight excluding hydrogens is 416 g/mol. The van der Waals surface area contributed by atoms with Crippen LogP contribution in [0.2, 0.25) is 0 Å². The van der Waals surface area contributed by atoms with Gasteiger partial charge in [-0.05, 0) is 55.7 Å². The molecule has 0 bridgehead atoms. The van der Waals surface area contributed by atoms with E-state index in [-0.39, 0.29) is 16.4 Å². The van der Waals surface area contributed by atoms with E-state index in [1.807, 2.05) is 0 Å². The fourth-order valence-electron chi connectivity index (χ4n) is 3.41. The number of amides is 1. The number of hydrogen-bond acceptors (Lipinski definition) is 5. The van der Waals surface area contributed by atoms with Gasteiger partial charge in [-0.3, -0.25) is 9.59 Å². The van der Waals surface area contributed by atoms with E-state index in [1.54, 1.807) is 42.5 Å². The lowest BCUT2D eigenvalue weighted by molar-refractivity contribution is -0.111. The van der Waals surface area contributed by atoms with Crippen LogP contribution in [0.1, 0.15) is 42.1 Å². The van der Waals surface area contributed by atoms with E-state index in [4.69, 9.17) is 4.74 Å². The Morgan fingerprint density at radius 3 is 2.48 bits per heavy atom. The van der Waals surface area contributed by atoms with E-state index >= 15 is 0 Å². The number of ether oxygens (including phenoxy) is 1. The first kappa shape index (κ1) is 22.7. The molecule has 0 aromatic heterocycles. The number of carbonyl (C=O) groups is 2. The third-order valence-corrected chi connectivity index (χ3v) is 7.00. The van der Waals surface area contributed by atoms with Crippen molar-refractivity contribution in [2.75, 3.05) is 25.5 Å². The topological polar surface area (TPSA) is 92.8 Å². The Labute approximate surface area is 182 Å². The Kier molecular flexibility index (Phi) is 7.25. The van der Waals surface area contributed by atoms with E-state index in [2.05, 4.69) is 5.32 Å². The average molecular weight is 443 g/mol. The zero-order valence-electron chi connectivity index (χ0n) is 17.6. The van der Waals surface area contributed by atoms with Gasteiger partial charge in [0, 0.05) is 30.4 Å². The van der Waals surface area contributed by atoms with Gasteiger partial charge < -0.3 is 10.1 Å². The molecule has 31 heavy (non-hydrogen) atoms. The number of carbonyl (C=O) groups excluding carboxylic acids is 2. The molecule has 3 rings (SSSR count). The predicted octanol–water partition coefficient (Wildman–Crippen LogP) is 3.72. The van der Waals surface area contributed by atoms with Crippen molar-refractivity contribution in [1.82, 2.24) is 4.31 Å². The predicted molar refractivity (Wildman–Crippen MR) is 120 cm³/mol. The lowest BCUT2D eigenvalue weighted by Gasteiger charge is -2.26. The number of Topliss-reactive ketones (excluding diaryl/α,β-unsaturated/α-hetero) is 1. The van der Waals surface area contributed by atoms with E-state index in [1.165, 1.54) is 30.5 Å².